The molecule has 6 atom stereocenters. The fraction of sp³-hybridized carbons (Fsp3) is 0.733. The zero-order valence-electron chi connectivity index (χ0n) is 10.9. The Labute approximate surface area is 112 Å². The first-order valence-corrected chi connectivity index (χ1v) is 7.36. The number of carboxylic acid groups (broad SMARTS) is 1. The van der Waals surface area contributed by atoms with Gasteiger partial charge in [-0.3, -0.25) is 9.59 Å². The number of rotatable bonds is 2. The molecule has 0 spiro atoms. The highest BCUT2D eigenvalue weighted by Crippen LogP contribution is 2.50. The normalized spacial score (nSPS) is 46.2. The number of likely N-dealkylation sites (tertiary alicyclic amines) is 1. The number of nitrogens with zero attached hydrogens (tertiary/aromatic N) is 1. The van der Waals surface area contributed by atoms with Crippen molar-refractivity contribution in [2.45, 2.75) is 31.7 Å². The maximum atomic E-state index is 12.8. The van der Waals surface area contributed by atoms with Gasteiger partial charge >= 0.3 is 5.97 Å². The van der Waals surface area contributed by atoms with Crippen molar-refractivity contribution < 1.29 is 14.7 Å². The fourth-order valence-corrected chi connectivity index (χ4v) is 4.88. The van der Waals surface area contributed by atoms with Crippen LogP contribution >= 0.6 is 0 Å². The molecule has 1 amide bonds. The first kappa shape index (κ1) is 11.5. The van der Waals surface area contributed by atoms with Crippen molar-refractivity contribution in [3.8, 4) is 0 Å². The first-order chi connectivity index (χ1) is 9.15. The molecule has 4 heteroatoms. The van der Waals surface area contributed by atoms with E-state index in [0.29, 0.717) is 12.0 Å². The second-order valence-electron chi connectivity index (χ2n) is 6.66. The first-order valence-electron chi connectivity index (χ1n) is 7.36. The molecule has 1 saturated heterocycles. The molecule has 3 aliphatic carbocycles. The molecule has 4 bridgehead atoms. The average molecular weight is 261 g/mol. The predicted molar refractivity (Wildman–Crippen MR) is 68.2 cm³/mol. The summed E-state index contributed by atoms with van der Waals surface area (Å²) in [5, 5.41) is 9.42. The average Bonchev–Trinajstić information content (AvgIpc) is 3.14. The van der Waals surface area contributed by atoms with E-state index in [0.717, 1.165) is 25.8 Å². The van der Waals surface area contributed by atoms with Crippen molar-refractivity contribution in [3.05, 3.63) is 12.2 Å². The van der Waals surface area contributed by atoms with E-state index >= 15 is 0 Å². The minimum absolute atomic E-state index is 0.0799. The number of fused-ring (bicyclic) bond motifs is 4. The Hall–Kier alpha value is -1.32. The van der Waals surface area contributed by atoms with E-state index in [2.05, 4.69) is 6.08 Å². The molecule has 1 N–H and O–H groups in total. The van der Waals surface area contributed by atoms with E-state index in [1.165, 1.54) is 6.42 Å². The summed E-state index contributed by atoms with van der Waals surface area (Å²) in [6.07, 6.45) is 8.43. The van der Waals surface area contributed by atoms with Gasteiger partial charge in [0.15, 0.2) is 0 Å². The smallest absolute Gasteiger partial charge is 0.307 e. The molecule has 3 fully saturated rings. The van der Waals surface area contributed by atoms with Crippen LogP contribution in [-0.4, -0.2) is 34.5 Å². The third kappa shape index (κ3) is 1.52. The van der Waals surface area contributed by atoms with Crippen molar-refractivity contribution in [2.75, 3.05) is 6.54 Å². The van der Waals surface area contributed by atoms with Gasteiger partial charge in [0, 0.05) is 12.6 Å². The highest BCUT2D eigenvalue weighted by molar-refractivity contribution is 5.87. The molecule has 0 aromatic rings. The van der Waals surface area contributed by atoms with Crippen LogP contribution in [-0.2, 0) is 9.59 Å². The number of hydrogen-bond acceptors (Lipinski definition) is 2. The minimum atomic E-state index is -0.792. The second-order valence-corrected chi connectivity index (χ2v) is 6.66. The zero-order chi connectivity index (χ0) is 13.1. The third-order valence-corrected chi connectivity index (χ3v) is 5.72. The molecule has 19 heavy (non-hydrogen) atoms. The van der Waals surface area contributed by atoms with Crippen molar-refractivity contribution in [1.29, 1.82) is 0 Å². The fourth-order valence-electron chi connectivity index (χ4n) is 4.88. The van der Waals surface area contributed by atoms with E-state index < -0.39 is 11.9 Å². The van der Waals surface area contributed by atoms with Gasteiger partial charge in [0.1, 0.15) is 0 Å². The van der Waals surface area contributed by atoms with Crippen LogP contribution in [0.5, 0.6) is 0 Å². The number of amides is 1. The highest BCUT2D eigenvalue weighted by atomic mass is 16.4. The summed E-state index contributed by atoms with van der Waals surface area (Å²) < 4.78 is 0. The van der Waals surface area contributed by atoms with E-state index in [9.17, 15) is 14.7 Å². The zero-order valence-corrected chi connectivity index (χ0v) is 10.9. The molecule has 4 unspecified atom stereocenters. The highest BCUT2D eigenvalue weighted by Gasteiger charge is 2.54. The second kappa shape index (κ2) is 3.84. The van der Waals surface area contributed by atoms with E-state index in [4.69, 9.17) is 0 Å². The lowest BCUT2D eigenvalue weighted by atomic mass is 9.82. The van der Waals surface area contributed by atoms with Gasteiger partial charge in [-0.2, -0.15) is 0 Å². The lowest BCUT2D eigenvalue weighted by Crippen LogP contribution is -2.46. The van der Waals surface area contributed by atoms with Crippen LogP contribution in [0.25, 0.3) is 0 Å². The van der Waals surface area contributed by atoms with E-state index in [1.807, 2.05) is 11.0 Å². The van der Waals surface area contributed by atoms with Crippen molar-refractivity contribution in [3.63, 3.8) is 0 Å². The van der Waals surface area contributed by atoms with Crippen LogP contribution in [0.1, 0.15) is 25.7 Å². The molecular formula is C15H19NO3. The van der Waals surface area contributed by atoms with Crippen LogP contribution in [0.4, 0.5) is 0 Å². The van der Waals surface area contributed by atoms with E-state index in [-0.39, 0.29) is 23.7 Å². The summed E-state index contributed by atoms with van der Waals surface area (Å²) in [5.74, 6) is -0.537. The van der Waals surface area contributed by atoms with Gasteiger partial charge in [0.05, 0.1) is 11.8 Å². The maximum absolute atomic E-state index is 12.8. The van der Waals surface area contributed by atoms with Crippen molar-refractivity contribution in [1.82, 2.24) is 4.90 Å². The molecule has 1 heterocycles. The monoisotopic (exact) mass is 261 g/mol. The number of aliphatic carboxylic acids is 1. The summed E-state index contributed by atoms with van der Waals surface area (Å²) in [5.41, 5.74) is 0. The van der Waals surface area contributed by atoms with Crippen LogP contribution in [0.15, 0.2) is 12.2 Å². The molecule has 0 aromatic heterocycles. The Morgan fingerprint density at radius 1 is 1.05 bits per heavy atom. The molecule has 102 valence electrons. The Balaban J connectivity index is 1.59. The van der Waals surface area contributed by atoms with Gasteiger partial charge in [0.25, 0.3) is 0 Å². The predicted octanol–water partition coefficient (Wildman–Crippen LogP) is 1.52. The third-order valence-electron chi connectivity index (χ3n) is 5.72. The summed E-state index contributed by atoms with van der Waals surface area (Å²) >= 11 is 0. The Morgan fingerprint density at radius 2 is 1.79 bits per heavy atom. The molecule has 0 radical (unpaired) electrons. The SMILES string of the molecule is O=C(O)[C@@H]1C2C=CC(C2)[C@@H]1C(=O)N1CC2CCC1C2. The number of carboxylic acids is 1. The van der Waals surface area contributed by atoms with Gasteiger partial charge in [-0.25, -0.2) is 0 Å². The van der Waals surface area contributed by atoms with Gasteiger partial charge < -0.3 is 10.0 Å². The number of carbonyl (C=O) groups is 2. The van der Waals surface area contributed by atoms with Gasteiger partial charge in [-0.15, -0.1) is 0 Å². The Kier molecular flexibility index (Phi) is 2.32. The topological polar surface area (TPSA) is 57.6 Å². The number of hydrogen-bond donors (Lipinski definition) is 1. The largest absolute Gasteiger partial charge is 0.481 e. The van der Waals surface area contributed by atoms with Gasteiger partial charge in [-0.1, -0.05) is 12.2 Å². The number of carbonyl (C=O) groups excluding carboxylic acids is 1. The van der Waals surface area contributed by atoms with Crippen LogP contribution in [0.2, 0.25) is 0 Å². The molecule has 0 aromatic carbocycles. The molecular weight excluding hydrogens is 242 g/mol. The van der Waals surface area contributed by atoms with Gasteiger partial charge in [-0.05, 0) is 43.4 Å². The lowest BCUT2D eigenvalue weighted by Gasteiger charge is -2.33. The van der Waals surface area contributed by atoms with Crippen LogP contribution < -0.4 is 0 Å². The Morgan fingerprint density at radius 3 is 2.37 bits per heavy atom. The standard InChI is InChI=1S/C15H19NO3/c17-14(16-7-8-1-4-11(16)5-8)12-9-2-3-10(6-9)13(12)15(18)19/h2-3,8-13H,1,4-7H2,(H,18,19)/t8?,9?,10?,11?,12-,13+/m0/s1. The number of piperidine rings is 1. The molecule has 2 saturated carbocycles. The molecule has 4 rings (SSSR count). The maximum Gasteiger partial charge on any atom is 0.307 e. The summed E-state index contributed by atoms with van der Waals surface area (Å²) in [7, 11) is 0. The number of allylic oxidation sites excluding steroid dienone is 2. The van der Waals surface area contributed by atoms with Crippen LogP contribution in [0, 0.1) is 29.6 Å². The quantitative estimate of drug-likeness (QED) is 0.767. The summed E-state index contributed by atoms with van der Waals surface area (Å²) in [6.45, 7) is 0.868. The van der Waals surface area contributed by atoms with Crippen LogP contribution in [0.3, 0.4) is 0 Å². The van der Waals surface area contributed by atoms with Crippen molar-refractivity contribution in [2.24, 2.45) is 29.6 Å². The molecule has 1 aliphatic heterocycles. The van der Waals surface area contributed by atoms with Crippen molar-refractivity contribution >= 4 is 11.9 Å². The van der Waals surface area contributed by atoms with Gasteiger partial charge in [0.2, 0.25) is 5.91 Å². The molecule has 4 nitrogen and oxygen atoms in total. The Bertz CT molecular complexity index is 472. The van der Waals surface area contributed by atoms with E-state index in [1.54, 1.807) is 0 Å². The summed E-state index contributed by atoms with van der Waals surface area (Å²) in [6, 6.07) is 0.398. The minimum Gasteiger partial charge on any atom is -0.481 e. The lowest BCUT2D eigenvalue weighted by molar-refractivity contribution is -0.151. The summed E-state index contributed by atoms with van der Waals surface area (Å²) in [4.78, 5) is 26.3. The molecule has 4 aliphatic rings.